The van der Waals surface area contributed by atoms with Gasteiger partial charge < -0.3 is 10.6 Å². The highest BCUT2D eigenvalue weighted by atomic mass is 32.2. The monoisotopic (exact) mass is 250 g/mol. The molecule has 1 aliphatic rings. The fraction of sp³-hybridized carbons (Fsp3) is 0.462. The molecule has 0 heterocycles. The number of benzene rings is 1. The predicted octanol–water partition coefficient (Wildman–Crippen LogP) is 1.86. The number of hydrogen-bond donors (Lipinski definition) is 1. The van der Waals surface area contributed by atoms with Crippen LogP contribution in [0, 0.1) is 0 Å². The molecule has 1 saturated carbocycles. The first-order chi connectivity index (χ1) is 8.20. The summed E-state index contributed by atoms with van der Waals surface area (Å²) in [7, 11) is 1.90. The third-order valence-electron chi connectivity index (χ3n) is 2.98. The Kier molecular flexibility index (Phi) is 4.07. The Balaban J connectivity index is 1.85. The molecule has 4 heteroatoms. The van der Waals surface area contributed by atoms with Crippen LogP contribution >= 0.6 is 11.8 Å². The van der Waals surface area contributed by atoms with Crippen LogP contribution in [-0.4, -0.2) is 29.6 Å². The molecule has 2 rings (SSSR count). The lowest BCUT2D eigenvalue weighted by atomic mass is 10.2. The third kappa shape index (κ3) is 3.48. The maximum atomic E-state index is 11.8. The number of nitrogens with two attached hydrogens (primary N) is 1. The summed E-state index contributed by atoms with van der Waals surface area (Å²) in [4.78, 5) is 14.8. The minimum atomic E-state index is 0.218. The Bertz CT molecular complexity index is 404. The SMILES string of the molecule is CN(C(=O)CSc1cccc(CN)c1)C1CC1. The van der Waals surface area contributed by atoms with Crippen molar-refractivity contribution in [3.8, 4) is 0 Å². The molecule has 0 spiro atoms. The molecule has 0 bridgehead atoms. The number of carbonyl (C=O) groups excluding carboxylic acids is 1. The van der Waals surface area contributed by atoms with Crippen LogP contribution < -0.4 is 5.73 Å². The average molecular weight is 250 g/mol. The van der Waals surface area contributed by atoms with Gasteiger partial charge in [-0.05, 0) is 30.5 Å². The van der Waals surface area contributed by atoms with E-state index in [0.717, 1.165) is 23.3 Å². The summed E-state index contributed by atoms with van der Waals surface area (Å²) in [5.41, 5.74) is 6.70. The van der Waals surface area contributed by atoms with Crippen LogP contribution in [0.5, 0.6) is 0 Å². The van der Waals surface area contributed by atoms with E-state index in [9.17, 15) is 4.79 Å². The van der Waals surface area contributed by atoms with Crippen LogP contribution in [0.4, 0.5) is 0 Å². The molecule has 0 aromatic heterocycles. The maximum Gasteiger partial charge on any atom is 0.232 e. The molecule has 0 atom stereocenters. The van der Waals surface area contributed by atoms with E-state index in [1.165, 1.54) is 0 Å². The maximum absolute atomic E-state index is 11.8. The minimum absolute atomic E-state index is 0.218. The van der Waals surface area contributed by atoms with Gasteiger partial charge in [0.25, 0.3) is 0 Å². The molecule has 1 aromatic carbocycles. The molecule has 2 N–H and O–H groups in total. The van der Waals surface area contributed by atoms with Gasteiger partial charge in [-0.2, -0.15) is 0 Å². The van der Waals surface area contributed by atoms with Gasteiger partial charge in [0.15, 0.2) is 0 Å². The summed E-state index contributed by atoms with van der Waals surface area (Å²) in [6.45, 7) is 0.546. The fourth-order valence-corrected chi connectivity index (χ4v) is 2.58. The van der Waals surface area contributed by atoms with E-state index >= 15 is 0 Å². The smallest absolute Gasteiger partial charge is 0.232 e. The number of hydrogen-bond acceptors (Lipinski definition) is 3. The van der Waals surface area contributed by atoms with E-state index in [2.05, 4.69) is 6.07 Å². The molecule has 92 valence electrons. The first-order valence-electron chi connectivity index (χ1n) is 5.88. The van der Waals surface area contributed by atoms with Crippen LogP contribution in [0.1, 0.15) is 18.4 Å². The van der Waals surface area contributed by atoms with Gasteiger partial charge in [0.1, 0.15) is 0 Å². The van der Waals surface area contributed by atoms with Crippen LogP contribution in [0.3, 0.4) is 0 Å². The first kappa shape index (κ1) is 12.5. The molecule has 1 aliphatic carbocycles. The number of carbonyl (C=O) groups is 1. The number of nitrogens with zero attached hydrogens (tertiary/aromatic N) is 1. The normalized spacial score (nSPS) is 14.7. The zero-order chi connectivity index (χ0) is 12.3. The van der Waals surface area contributed by atoms with Crippen molar-refractivity contribution in [1.29, 1.82) is 0 Å². The molecule has 0 unspecified atom stereocenters. The van der Waals surface area contributed by atoms with Crippen molar-refractivity contribution < 1.29 is 4.79 Å². The van der Waals surface area contributed by atoms with Gasteiger partial charge >= 0.3 is 0 Å². The summed E-state index contributed by atoms with van der Waals surface area (Å²) in [6, 6.07) is 8.56. The lowest BCUT2D eigenvalue weighted by Crippen LogP contribution is -2.30. The van der Waals surface area contributed by atoms with E-state index in [4.69, 9.17) is 5.73 Å². The second-order valence-electron chi connectivity index (χ2n) is 4.38. The number of rotatable bonds is 5. The van der Waals surface area contributed by atoms with Crippen molar-refractivity contribution in [1.82, 2.24) is 4.90 Å². The Labute approximate surface area is 106 Å². The predicted molar refractivity (Wildman–Crippen MR) is 70.8 cm³/mol. The van der Waals surface area contributed by atoms with Crippen LogP contribution in [0.25, 0.3) is 0 Å². The minimum Gasteiger partial charge on any atom is -0.342 e. The van der Waals surface area contributed by atoms with Crippen molar-refractivity contribution in [2.45, 2.75) is 30.3 Å². The lowest BCUT2D eigenvalue weighted by molar-refractivity contribution is -0.127. The fourth-order valence-electron chi connectivity index (χ4n) is 1.67. The zero-order valence-electron chi connectivity index (χ0n) is 10.1. The Hall–Kier alpha value is -1.00. The van der Waals surface area contributed by atoms with E-state index in [1.807, 2.05) is 30.1 Å². The topological polar surface area (TPSA) is 46.3 Å². The molecule has 0 radical (unpaired) electrons. The van der Waals surface area contributed by atoms with E-state index in [0.29, 0.717) is 18.3 Å². The summed E-state index contributed by atoms with van der Waals surface area (Å²) in [5, 5.41) is 0. The largest absolute Gasteiger partial charge is 0.342 e. The number of amides is 1. The highest BCUT2D eigenvalue weighted by Gasteiger charge is 2.29. The van der Waals surface area contributed by atoms with Gasteiger partial charge in [-0.15, -0.1) is 11.8 Å². The molecule has 0 aliphatic heterocycles. The van der Waals surface area contributed by atoms with Crippen molar-refractivity contribution in [3.05, 3.63) is 29.8 Å². The van der Waals surface area contributed by atoms with Crippen LogP contribution in [-0.2, 0) is 11.3 Å². The standard InChI is InChI=1S/C13H18N2OS/c1-15(11-5-6-11)13(16)9-17-12-4-2-3-10(7-12)8-14/h2-4,7,11H,5-6,8-9,14H2,1H3. The average Bonchev–Trinajstić information content (AvgIpc) is 3.19. The third-order valence-corrected chi connectivity index (χ3v) is 3.96. The molecule has 1 amide bonds. The van der Waals surface area contributed by atoms with Crippen LogP contribution in [0.2, 0.25) is 0 Å². The Morgan fingerprint density at radius 3 is 2.94 bits per heavy atom. The van der Waals surface area contributed by atoms with E-state index in [1.54, 1.807) is 11.8 Å². The molecule has 3 nitrogen and oxygen atoms in total. The van der Waals surface area contributed by atoms with Crippen LogP contribution in [0.15, 0.2) is 29.2 Å². The van der Waals surface area contributed by atoms with Gasteiger partial charge in [0, 0.05) is 24.5 Å². The molecular weight excluding hydrogens is 232 g/mol. The van der Waals surface area contributed by atoms with Crippen molar-refractivity contribution in [3.63, 3.8) is 0 Å². The van der Waals surface area contributed by atoms with E-state index < -0.39 is 0 Å². The highest BCUT2D eigenvalue weighted by Crippen LogP contribution is 2.27. The zero-order valence-corrected chi connectivity index (χ0v) is 10.9. The quantitative estimate of drug-likeness (QED) is 0.811. The van der Waals surface area contributed by atoms with Crippen molar-refractivity contribution in [2.75, 3.05) is 12.8 Å². The summed E-state index contributed by atoms with van der Waals surface area (Å²) in [6.07, 6.45) is 2.32. The molecule has 1 aromatic rings. The van der Waals surface area contributed by atoms with Gasteiger partial charge in [0.2, 0.25) is 5.91 Å². The summed E-state index contributed by atoms with van der Waals surface area (Å²) in [5.74, 6) is 0.733. The van der Waals surface area contributed by atoms with E-state index in [-0.39, 0.29) is 5.91 Å². The summed E-state index contributed by atoms with van der Waals surface area (Å²) < 4.78 is 0. The van der Waals surface area contributed by atoms with Gasteiger partial charge in [-0.1, -0.05) is 12.1 Å². The van der Waals surface area contributed by atoms with Crippen molar-refractivity contribution >= 4 is 17.7 Å². The number of thioether (sulfide) groups is 1. The molecule has 1 fully saturated rings. The van der Waals surface area contributed by atoms with Gasteiger partial charge in [-0.3, -0.25) is 4.79 Å². The highest BCUT2D eigenvalue weighted by molar-refractivity contribution is 8.00. The Morgan fingerprint density at radius 1 is 1.53 bits per heavy atom. The summed E-state index contributed by atoms with van der Waals surface area (Å²) >= 11 is 1.58. The molecular formula is C13H18N2OS. The lowest BCUT2D eigenvalue weighted by Gasteiger charge is -2.15. The molecule has 0 saturated heterocycles. The van der Waals surface area contributed by atoms with Gasteiger partial charge in [-0.25, -0.2) is 0 Å². The second kappa shape index (κ2) is 5.56. The van der Waals surface area contributed by atoms with Crippen molar-refractivity contribution in [2.24, 2.45) is 5.73 Å². The first-order valence-corrected chi connectivity index (χ1v) is 6.86. The second-order valence-corrected chi connectivity index (χ2v) is 5.42. The molecule has 17 heavy (non-hydrogen) atoms. The Morgan fingerprint density at radius 2 is 2.29 bits per heavy atom. The van der Waals surface area contributed by atoms with Gasteiger partial charge in [0.05, 0.1) is 5.75 Å².